The molecule has 0 aromatic carbocycles. The van der Waals surface area contributed by atoms with Crippen LogP contribution in [0.25, 0.3) is 0 Å². The van der Waals surface area contributed by atoms with E-state index in [0.717, 1.165) is 11.3 Å². The summed E-state index contributed by atoms with van der Waals surface area (Å²) >= 11 is 1.39. The normalized spacial score (nSPS) is 27.4. The van der Waals surface area contributed by atoms with Crippen molar-refractivity contribution in [2.45, 2.75) is 69.7 Å². The fourth-order valence-electron chi connectivity index (χ4n) is 4.32. The Labute approximate surface area is 196 Å². The number of thiophene rings is 1. The summed E-state index contributed by atoms with van der Waals surface area (Å²) in [4.78, 5) is 28.2. The number of carbonyl (C=O) groups is 2. The standard InChI is InChI=1S/C21H33N5O6S/c1-10(27)17(30)18(31)14(28)7-24-8-16(29)26-13(4-21(2)5-15(21)26)20(32)25-6-12-3-11(9-33-12)19(22)23/h3,9-10,13-15,17-18,24,27-28,30-31H,4-8H2,1-2H3,(H3,22,23)(H,25,32)/t10?,13-,14?,15-,17?,18?,21+/m0/s1. The number of nitrogen functional groups attached to an aromatic ring is 1. The second-order valence-electron chi connectivity index (χ2n) is 9.25. The van der Waals surface area contributed by atoms with Gasteiger partial charge in [0.05, 0.1) is 25.3 Å². The van der Waals surface area contributed by atoms with Crippen LogP contribution in [0.2, 0.25) is 0 Å². The summed E-state index contributed by atoms with van der Waals surface area (Å²) in [6.07, 6.45) is -4.26. The summed E-state index contributed by atoms with van der Waals surface area (Å²) in [6.45, 7) is 3.32. The van der Waals surface area contributed by atoms with Crippen LogP contribution in [0.1, 0.15) is 37.1 Å². The first-order valence-corrected chi connectivity index (χ1v) is 11.8. The van der Waals surface area contributed by atoms with Gasteiger partial charge in [-0.2, -0.15) is 0 Å². The van der Waals surface area contributed by atoms with Gasteiger partial charge in [0.1, 0.15) is 24.1 Å². The second-order valence-corrected chi connectivity index (χ2v) is 10.2. The lowest BCUT2D eigenvalue weighted by Crippen LogP contribution is -2.52. The van der Waals surface area contributed by atoms with Gasteiger partial charge in [0.15, 0.2) is 0 Å². The maximum atomic E-state index is 12.9. The minimum absolute atomic E-state index is 0.0128. The van der Waals surface area contributed by atoms with Gasteiger partial charge in [0, 0.05) is 28.4 Å². The van der Waals surface area contributed by atoms with Gasteiger partial charge in [0.25, 0.3) is 0 Å². The Morgan fingerprint density at radius 1 is 1.30 bits per heavy atom. The van der Waals surface area contributed by atoms with Crippen LogP contribution >= 0.6 is 11.3 Å². The van der Waals surface area contributed by atoms with Crippen LogP contribution in [-0.2, 0) is 16.1 Å². The average Bonchev–Trinajstić information content (AvgIpc) is 3.10. The number of fused-ring (bicyclic) bond motifs is 1. The van der Waals surface area contributed by atoms with Gasteiger partial charge in [-0.25, -0.2) is 0 Å². The maximum absolute atomic E-state index is 12.9. The number of hydrogen-bond acceptors (Lipinski definition) is 9. The molecule has 184 valence electrons. The number of hydrogen-bond donors (Lipinski definition) is 8. The number of likely N-dealkylation sites (tertiary alicyclic amines) is 1. The van der Waals surface area contributed by atoms with Crippen LogP contribution in [0.5, 0.6) is 0 Å². The molecule has 1 aromatic rings. The van der Waals surface area contributed by atoms with Crippen LogP contribution in [0.4, 0.5) is 0 Å². The van der Waals surface area contributed by atoms with Gasteiger partial charge in [0.2, 0.25) is 11.8 Å². The third-order valence-electron chi connectivity index (χ3n) is 6.50. The Hall–Kier alpha value is -2.09. The molecule has 11 nitrogen and oxygen atoms in total. The van der Waals surface area contributed by atoms with Crippen molar-refractivity contribution < 1.29 is 30.0 Å². The zero-order valence-electron chi connectivity index (χ0n) is 18.7. The molecule has 2 heterocycles. The molecular weight excluding hydrogens is 450 g/mol. The predicted molar refractivity (Wildman–Crippen MR) is 122 cm³/mol. The van der Waals surface area contributed by atoms with Crippen molar-refractivity contribution in [2.75, 3.05) is 13.1 Å². The van der Waals surface area contributed by atoms with Crippen molar-refractivity contribution in [3.63, 3.8) is 0 Å². The average molecular weight is 484 g/mol. The number of amidine groups is 1. The van der Waals surface area contributed by atoms with Crippen LogP contribution in [0.15, 0.2) is 11.4 Å². The largest absolute Gasteiger partial charge is 0.391 e. The fraction of sp³-hybridized carbons (Fsp3) is 0.667. The van der Waals surface area contributed by atoms with Crippen molar-refractivity contribution in [1.82, 2.24) is 15.5 Å². The Morgan fingerprint density at radius 2 is 2.00 bits per heavy atom. The zero-order chi connectivity index (χ0) is 24.5. The molecule has 33 heavy (non-hydrogen) atoms. The SMILES string of the molecule is CC(O)C(O)C(O)C(O)CNCC(=O)N1[C@H]2C[C@@]2(C)C[C@H]1C(=O)NCc1cc(C(=N)N)cs1. The van der Waals surface area contributed by atoms with Gasteiger partial charge < -0.3 is 41.7 Å². The van der Waals surface area contributed by atoms with Crippen molar-refractivity contribution >= 4 is 29.0 Å². The van der Waals surface area contributed by atoms with Gasteiger partial charge in [-0.3, -0.25) is 15.0 Å². The van der Waals surface area contributed by atoms with E-state index in [4.69, 9.17) is 11.1 Å². The Kier molecular flexibility index (Phi) is 7.76. The van der Waals surface area contributed by atoms with E-state index in [9.17, 15) is 30.0 Å². The van der Waals surface area contributed by atoms with Gasteiger partial charge in [-0.1, -0.05) is 6.92 Å². The number of rotatable bonds is 11. The number of nitrogens with zero attached hydrogens (tertiary/aromatic N) is 1. The van der Waals surface area contributed by atoms with Crippen LogP contribution in [0.3, 0.4) is 0 Å². The highest BCUT2D eigenvalue weighted by atomic mass is 32.1. The molecule has 1 aliphatic carbocycles. The van der Waals surface area contributed by atoms with E-state index < -0.39 is 30.5 Å². The van der Waals surface area contributed by atoms with Crippen molar-refractivity contribution in [2.24, 2.45) is 11.1 Å². The number of amides is 2. The highest BCUT2D eigenvalue weighted by Gasteiger charge is 2.64. The van der Waals surface area contributed by atoms with E-state index in [1.807, 2.05) is 0 Å². The minimum Gasteiger partial charge on any atom is -0.391 e. The van der Waals surface area contributed by atoms with Crippen LogP contribution in [0, 0.1) is 10.8 Å². The summed E-state index contributed by atoms with van der Waals surface area (Å²) in [5.41, 5.74) is 5.99. The first-order chi connectivity index (χ1) is 15.4. The first kappa shape index (κ1) is 25.5. The number of carbonyl (C=O) groups excluding carboxylic acids is 2. The monoisotopic (exact) mass is 483 g/mol. The first-order valence-electron chi connectivity index (χ1n) is 10.9. The molecule has 2 amide bonds. The molecule has 1 saturated carbocycles. The third kappa shape index (κ3) is 5.70. The summed E-state index contributed by atoms with van der Waals surface area (Å²) in [7, 11) is 0. The Balaban J connectivity index is 1.52. The van der Waals surface area contributed by atoms with Crippen molar-refractivity contribution in [3.05, 3.63) is 21.9 Å². The second kappa shape index (κ2) is 10.0. The summed E-state index contributed by atoms with van der Waals surface area (Å²) < 4.78 is 0. The topological polar surface area (TPSA) is 192 Å². The molecule has 12 heteroatoms. The highest BCUT2D eigenvalue weighted by Crippen LogP contribution is 2.59. The van der Waals surface area contributed by atoms with Gasteiger partial charge in [-0.05, 0) is 31.2 Å². The van der Waals surface area contributed by atoms with Crippen molar-refractivity contribution in [3.8, 4) is 0 Å². The molecule has 0 radical (unpaired) electrons. The lowest BCUT2D eigenvalue weighted by Gasteiger charge is -2.28. The van der Waals surface area contributed by atoms with Gasteiger partial charge in [-0.15, -0.1) is 11.3 Å². The lowest BCUT2D eigenvalue weighted by molar-refractivity contribution is -0.139. The number of nitrogens with two attached hydrogens (primary N) is 1. The summed E-state index contributed by atoms with van der Waals surface area (Å²) in [5, 5.41) is 53.6. The summed E-state index contributed by atoms with van der Waals surface area (Å²) in [6, 6.07) is 1.14. The van der Waals surface area contributed by atoms with E-state index in [1.165, 1.54) is 18.3 Å². The lowest BCUT2D eigenvalue weighted by atomic mass is 10.0. The molecule has 2 fully saturated rings. The van der Waals surface area contributed by atoms with Crippen LogP contribution < -0.4 is 16.4 Å². The molecule has 1 saturated heterocycles. The van der Waals surface area contributed by atoms with Crippen LogP contribution in [-0.4, -0.2) is 92.6 Å². The molecule has 7 atom stereocenters. The summed E-state index contributed by atoms with van der Waals surface area (Å²) in [5.74, 6) is -0.561. The predicted octanol–water partition coefficient (Wildman–Crippen LogP) is -1.92. The molecular formula is C21H33N5O6S. The zero-order valence-corrected chi connectivity index (χ0v) is 19.5. The van der Waals surface area contributed by atoms with Gasteiger partial charge >= 0.3 is 0 Å². The Bertz CT molecular complexity index is 894. The number of aliphatic hydroxyl groups excluding tert-OH is 4. The molecule has 4 unspecified atom stereocenters. The molecule has 1 aromatic heterocycles. The fourth-order valence-corrected chi connectivity index (χ4v) is 5.14. The molecule has 0 bridgehead atoms. The Morgan fingerprint density at radius 3 is 2.61 bits per heavy atom. The maximum Gasteiger partial charge on any atom is 0.243 e. The molecule has 1 aliphatic heterocycles. The van der Waals surface area contributed by atoms with E-state index >= 15 is 0 Å². The van der Waals surface area contributed by atoms with E-state index in [0.29, 0.717) is 12.0 Å². The molecule has 9 N–H and O–H groups in total. The quantitative estimate of drug-likeness (QED) is 0.132. The van der Waals surface area contributed by atoms with E-state index in [-0.39, 0.29) is 48.7 Å². The number of aliphatic hydroxyl groups is 4. The molecule has 2 aliphatic rings. The minimum atomic E-state index is -1.56. The smallest absolute Gasteiger partial charge is 0.243 e. The van der Waals surface area contributed by atoms with E-state index in [1.54, 1.807) is 16.3 Å². The molecule has 3 rings (SSSR count). The molecule has 0 spiro atoms. The number of nitrogens with one attached hydrogen (secondary N) is 3. The third-order valence-corrected chi connectivity index (χ3v) is 7.43. The van der Waals surface area contributed by atoms with Crippen molar-refractivity contribution in [1.29, 1.82) is 5.41 Å². The highest BCUT2D eigenvalue weighted by molar-refractivity contribution is 7.10. The number of piperidine rings is 1. The van der Waals surface area contributed by atoms with E-state index in [2.05, 4.69) is 17.6 Å².